The van der Waals surface area contributed by atoms with Gasteiger partial charge in [-0.3, -0.25) is 0 Å². The molecule has 0 aliphatic heterocycles. The van der Waals surface area contributed by atoms with Crippen LogP contribution in [-0.2, 0) is 9.47 Å². The van der Waals surface area contributed by atoms with E-state index in [9.17, 15) is 14.4 Å². The Labute approximate surface area is 167 Å². The lowest BCUT2D eigenvalue weighted by Crippen LogP contribution is -2.32. The van der Waals surface area contributed by atoms with E-state index in [2.05, 4.69) is 15.4 Å². The van der Waals surface area contributed by atoms with E-state index in [4.69, 9.17) is 14.2 Å². The third-order valence-electron chi connectivity index (χ3n) is 3.70. The fourth-order valence-corrected chi connectivity index (χ4v) is 2.37. The monoisotopic (exact) mass is 402 g/mol. The van der Waals surface area contributed by atoms with Gasteiger partial charge in [0.2, 0.25) is 0 Å². The average Bonchev–Trinajstić information content (AvgIpc) is 2.74. The van der Waals surface area contributed by atoms with Crippen molar-refractivity contribution in [3.05, 3.63) is 53.6 Å². The van der Waals surface area contributed by atoms with E-state index >= 15 is 0 Å². The lowest BCUT2D eigenvalue weighted by Gasteiger charge is -2.14. The standard InChI is InChI=1S/C20H22N2O7/c1-4-28-16-7-5-6-8-17(16)29-12-21-20(25)22-15-11-13(18(23)26-2)9-10-14(15)19(24)27-3/h5-11H,4,12H2,1-3H3,(H2,21,22,25). The number of nitrogens with one attached hydrogen (secondary N) is 2. The van der Waals surface area contributed by atoms with Gasteiger partial charge in [0, 0.05) is 0 Å². The number of urea groups is 1. The molecular formula is C20H22N2O7. The van der Waals surface area contributed by atoms with Gasteiger partial charge in [-0.2, -0.15) is 0 Å². The molecule has 2 rings (SSSR count). The summed E-state index contributed by atoms with van der Waals surface area (Å²) in [4.78, 5) is 35.9. The number of ether oxygens (including phenoxy) is 4. The van der Waals surface area contributed by atoms with Gasteiger partial charge in [-0.15, -0.1) is 0 Å². The lowest BCUT2D eigenvalue weighted by molar-refractivity contribution is 0.0587. The lowest BCUT2D eigenvalue weighted by atomic mass is 10.1. The summed E-state index contributed by atoms with van der Waals surface area (Å²) >= 11 is 0. The zero-order valence-electron chi connectivity index (χ0n) is 16.3. The van der Waals surface area contributed by atoms with E-state index in [1.165, 1.54) is 32.4 Å². The Morgan fingerprint density at radius 1 is 0.897 bits per heavy atom. The number of para-hydroxylation sites is 2. The molecule has 0 aliphatic rings. The summed E-state index contributed by atoms with van der Waals surface area (Å²) in [6.07, 6.45) is 0. The molecule has 0 fully saturated rings. The molecule has 9 nitrogen and oxygen atoms in total. The van der Waals surface area contributed by atoms with E-state index in [0.717, 1.165) is 0 Å². The van der Waals surface area contributed by atoms with Crippen molar-refractivity contribution in [2.45, 2.75) is 6.92 Å². The highest BCUT2D eigenvalue weighted by molar-refractivity contribution is 6.03. The van der Waals surface area contributed by atoms with Gasteiger partial charge in [-0.25, -0.2) is 14.4 Å². The number of esters is 2. The van der Waals surface area contributed by atoms with Gasteiger partial charge in [0.05, 0.1) is 37.6 Å². The van der Waals surface area contributed by atoms with E-state index in [-0.39, 0.29) is 23.5 Å². The molecule has 2 N–H and O–H groups in total. The molecule has 0 spiro atoms. The molecule has 2 aromatic rings. The second-order valence-electron chi connectivity index (χ2n) is 5.54. The molecule has 0 saturated heterocycles. The first-order chi connectivity index (χ1) is 14.0. The number of anilines is 1. The van der Waals surface area contributed by atoms with Crippen molar-refractivity contribution in [1.29, 1.82) is 0 Å². The summed E-state index contributed by atoms with van der Waals surface area (Å²) in [5, 5.41) is 5.00. The number of carbonyl (C=O) groups excluding carboxylic acids is 3. The Kier molecular flexibility index (Phi) is 7.84. The highest BCUT2D eigenvalue weighted by atomic mass is 16.5. The van der Waals surface area contributed by atoms with Gasteiger partial charge in [-0.05, 0) is 37.3 Å². The number of benzene rings is 2. The number of hydrogen-bond acceptors (Lipinski definition) is 7. The minimum absolute atomic E-state index is 0.0814. The molecular weight excluding hydrogens is 380 g/mol. The molecule has 0 unspecified atom stereocenters. The largest absolute Gasteiger partial charge is 0.490 e. The Hall–Kier alpha value is -3.75. The van der Waals surface area contributed by atoms with Crippen LogP contribution in [0.1, 0.15) is 27.6 Å². The number of carbonyl (C=O) groups is 3. The Morgan fingerprint density at radius 3 is 2.17 bits per heavy atom. The molecule has 0 aromatic heterocycles. The molecule has 154 valence electrons. The van der Waals surface area contributed by atoms with Crippen molar-refractivity contribution in [2.24, 2.45) is 0 Å². The van der Waals surface area contributed by atoms with Gasteiger partial charge in [0.25, 0.3) is 0 Å². The Balaban J connectivity index is 2.06. The van der Waals surface area contributed by atoms with Gasteiger partial charge in [-0.1, -0.05) is 12.1 Å². The highest BCUT2D eigenvalue weighted by Crippen LogP contribution is 2.26. The Morgan fingerprint density at radius 2 is 1.55 bits per heavy atom. The zero-order valence-corrected chi connectivity index (χ0v) is 16.3. The highest BCUT2D eigenvalue weighted by Gasteiger charge is 2.17. The first-order valence-corrected chi connectivity index (χ1v) is 8.70. The first kappa shape index (κ1) is 21.5. The molecule has 0 heterocycles. The molecule has 0 aliphatic carbocycles. The molecule has 0 atom stereocenters. The predicted octanol–water partition coefficient (Wildman–Crippen LogP) is 2.82. The first-order valence-electron chi connectivity index (χ1n) is 8.70. The van der Waals surface area contributed by atoms with Crippen LogP contribution < -0.4 is 20.1 Å². The maximum atomic E-state index is 12.2. The van der Waals surface area contributed by atoms with Crippen LogP contribution in [0.4, 0.5) is 10.5 Å². The normalized spacial score (nSPS) is 9.90. The van der Waals surface area contributed by atoms with Crippen LogP contribution in [-0.4, -0.2) is 45.5 Å². The number of rotatable bonds is 8. The van der Waals surface area contributed by atoms with Gasteiger partial charge < -0.3 is 29.6 Å². The topological polar surface area (TPSA) is 112 Å². The predicted molar refractivity (Wildman–Crippen MR) is 104 cm³/mol. The fraction of sp³-hybridized carbons (Fsp3) is 0.250. The number of hydrogen-bond donors (Lipinski definition) is 2. The smallest absolute Gasteiger partial charge is 0.339 e. The van der Waals surface area contributed by atoms with Crippen LogP contribution in [0.2, 0.25) is 0 Å². The quantitative estimate of drug-likeness (QED) is 0.516. The van der Waals surface area contributed by atoms with Crippen LogP contribution in [0.25, 0.3) is 0 Å². The molecule has 0 saturated carbocycles. The third kappa shape index (κ3) is 5.86. The molecule has 0 bridgehead atoms. The summed E-state index contributed by atoms with van der Waals surface area (Å²) in [7, 11) is 2.44. The summed E-state index contributed by atoms with van der Waals surface area (Å²) in [5.74, 6) is -0.257. The van der Waals surface area contributed by atoms with E-state index in [0.29, 0.717) is 18.1 Å². The van der Waals surface area contributed by atoms with Gasteiger partial charge >= 0.3 is 18.0 Å². The minimum atomic E-state index is -0.668. The van der Waals surface area contributed by atoms with E-state index in [1.807, 2.05) is 6.92 Å². The maximum Gasteiger partial charge on any atom is 0.339 e. The van der Waals surface area contributed by atoms with Crippen LogP contribution in [0.5, 0.6) is 11.5 Å². The van der Waals surface area contributed by atoms with E-state index < -0.39 is 18.0 Å². The van der Waals surface area contributed by atoms with Crippen molar-refractivity contribution >= 4 is 23.7 Å². The van der Waals surface area contributed by atoms with Crippen LogP contribution in [0.3, 0.4) is 0 Å². The summed E-state index contributed by atoms with van der Waals surface area (Å²) in [6, 6.07) is 10.5. The van der Waals surface area contributed by atoms with E-state index in [1.54, 1.807) is 24.3 Å². The Bertz CT molecular complexity index is 883. The van der Waals surface area contributed by atoms with Crippen molar-refractivity contribution in [3.8, 4) is 11.5 Å². The van der Waals surface area contributed by atoms with Crippen LogP contribution >= 0.6 is 0 Å². The second kappa shape index (κ2) is 10.5. The van der Waals surface area contributed by atoms with Crippen molar-refractivity contribution in [3.63, 3.8) is 0 Å². The molecule has 2 aromatic carbocycles. The summed E-state index contributed by atoms with van der Waals surface area (Å²) in [6.45, 7) is 2.17. The van der Waals surface area contributed by atoms with Gasteiger partial charge in [0.15, 0.2) is 18.2 Å². The van der Waals surface area contributed by atoms with Crippen LogP contribution in [0, 0.1) is 0 Å². The molecule has 2 amide bonds. The fourth-order valence-electron chi connectivity index (χ4n) is 2.37. The molecule has 9 heteroatoms. The zero-order chi connectivity index (χ0) is 21.2. The number of methoxy groups -OCH3 is 2. The number of amides is 2. The maximum absolute atomic E-state index is 12.2. The molecule has 0 radical (unpaired) electrons. The summed E-state index contributed by atoms with van der Waals surface area (Å²) < 4.78 is 20.3. The third-order valence-corrected chi connectivity index (χ3v) is 3.70. The average molecular weight is 402 g/mol. The van der Waals surface area contributed by atoms with Crippen molar-refractivity contribution in [2.75, 3.05) is 32.9 Å². The van der Waals surface area contributed by atoms with Crippen molar-refractivity contribution in [1.82, 2.24) is 5.32 Å². The van der Waals surface area contributed by atoms with Crippen molar-refractivity contribution < 1.29 is 33.3 Å². The second-order valence-corrected chi connectivity index (χ2v) is 5.54. The minimum Gasteiger partial charge on any atom is -0.490 e. The van der Waals surface area contributed by atoms with Crippen LogP contribution in [0.15, 0.2) is 42.5 Å². The molecule has 29 heavy (non-hydrogen) atoms. The van der Waals surface area contributed by atoms with Gasteiger partial charge in [0.1, 0.15) is 0 Å². The SMILES string of the molecule is CCOc1ccccc1OCNC(=O)Nc1cc(C(=O)OC)ccc1C(=O)OC. The summed E-state index contributed by atoms with van der Waals surface area (Å²) in [5.41, 5.74) is 0.335.